The molecule has 2 rings (SSSR count). The van der Waals surface area contributed by atoms with Crippen LogP contribution >= 0.6 is 0 Å². The predicted molar refractivity (Wildman–Crippen MR) is 84.6 cm³/mol. The Morgan fingerprint density at radius 2 is 1.80 bits per heavy atom. The molecule has 4 heteroatoms. The van der Waals surface area contributed by atoms with E-state index in [4.69, 9.17) is 0 Å². The van der Waals surface area contributed by atoms with Crippen LogP contribution in [0.2, 0.25) is 0 Å². The van der Waals surface area contributed by atoms with Crippen molar-refractivity contribution in [3.8, 4) is 0 Å². The Balaban J connectivity index is 1.92. The lowest BCUT2D eigenvalue weighted by Crippen LogP contribution is -2.49. The minimum absolute atomic E-state index is 0.189. The van der Waals surface area contributed by atoms with E-state index in [0.29, 0.717) is 23.0 Å². The second kappa shape index (κ2) is 5.60. The summed E-state index contributed by atoms with van der Waals surface area (Å²) >= 11 is 0. The Bertz CT molecular complexity index is 438. The van der Waals surface area contributed by atoms with E-state index in [9.17, 15) is 8.42 Å². The summed E-state index contributed by atoms with van der Waals surface area (Å²) < 4.78 is 23.4. The van der Waals surface area contributed by atoms with Gasteiger partial charge in [0.1, 0.15) is 0 Å². The molecule has 0 aromatic heterocycles. The van der Waals surface area contributed by atoms with Gasteiger partial charge in [-0.2, -0.15) is 0 Å². The van der Waals surface area contributed by atoms with Crippen molar-refractivity contribution in [3.05, 3.63) is 0 Å². The molecular formula is C16H31NO2S. The molecule has 1 N–H and O–H groups in total. The van der Waals surface area contributed by atoms with E-state index >= 15 is 0 Å². The molecular weight excluding hydrogens is 270 g/mol. The molecule has 0 aromatic rings. The Labute approximate surface area is 124 Å². The summed E-state index contributed by atoms with van der Waals surface area (Å²) in [6.07, 6.45) is 7.01. The maximum absolute atomic E-state index is 11.7. The Morgan fingerprint density at radius 1 is 1.10 bits per heavy atom. The standard InChI is InChI=1S/C16H31NO2S/c1-15(2,3)13-6-5-7-14(9-8-13)17-16(4)10-11-20(18,19)12-16/h13-14,17H,5-12H2,1-4H3. The first kappa shape index (κ1) is 16.3. The molecule has 1 saturated heterocycles. The van der Waals surface area contributed by atoms with Crippen LogP contribution in [0.15, 0.2) is 0 Å². The topological polar surface area (TPSA) is 46.2 Å². The first-order valence-electron chi connectivity index (χ1n) is 8.08. The zero-order valence-corrected chi connectivity index (χ0v) is 14.4. The van der Waals surface area contributed by atoms with Crippen LogP contribution in [0.5, 0.6) is 0 Å². The first-order valence-corrected chi connectivity index (χ1v) is 9.90. The van der Waals surface area contributed by atoms with Crippen molar-refractivity contribution in [2.75, 3.05) is 11.5 Å². The molecule has 0 spiro atoms. The monoisotopic (exact) mass is 301 g/mol. The molecule has 0 bridgehead atoms. The van der Waals surface area contributed by atoms with Gasteiger partial charge in [0.15, 0.2) is 9.84 Å². The van der Waals surface area contributed by atoms with Crippen LogP contribution in [-0.2, 0) is 9.84 Å². The third-order valence-corrected chi connectivity index (χ3v) is 7.15. The lowest BCUT2D eigenvalue weighted by atomic mass is 9.76. The Morgan fingerprint density at radius 3 is 2.35 bits per heavy atom. The smallest absolute Gasteiger partial charge is 0.152 e. The minimum atomic E-state index is -2.81. The maximum atomic E-state index is 11.7. The molecule has 2 aliphatic rings. The first-order chi connectivity index (χ1) is 9.10. The highest BCUT2D eigenvalue weighted by molar-refractivity contribution is 7.91. The number of hydrogen-bond acceptors (Lipinski definition) is 3. The van der Waals surface area contributed by atoms with Gasteiger partial charge in [-0.05, 0) is 50.4 Å². The van der Waals surface area contributed by atoms with Crippen molar-refractivity contribution in [1.82, 2.24) is 5.32 Å². The van der Waals surface area contributed by atoms with E-state index in [0.717, 1.165) is 12.3 Å². The van der Waals surface area contributed by atoms with Gasteiger partial charge in [-0.3, -0.25) is 0 Å². The van der Waals surface area contributed by atoms with Gasteiger partial charge in [-0.25, -0.2) is 8.42 Å². The highest BCUT2D eigenvalue weighted by atomic mass is 32.2. The van der Waals surface area contributed by atoms with Gasteiger partial charge in [-0.1, -0.05) is 27.2 Å². The molecule has 1 aliphatic heterocycles. The van der Waals surface area contributed by atoms with Crippen molar-refractivity contribution in [2.45, 2.75) is 77.8 Å². The van der Waals surface area contributed by atoms with Gasteiger partial charge in [0.25, 0.3) is 0 Å². The number of rotatable bonds is 2. The largest absolute Gasteiger partial charge is 0.308 e. The van der Waals surface area contributed by atoms with E-state index in [-0.39, 0.29) is 5.54 Å². The molecule has 118 valence electrons. The fraction of sp³-hybridized carbons (Fsp3) is 1.00. The molecule has 0 aromatic carbocycles. The molecule has 20 heavy (non-hydrogen) atoms. The summed E-state index contributed by atoms with van der Waals surface area (Å²) in [6.45, 7) is 9.12. The van der Waals surface area contributed by atoms with Gasteiger partial charge in [0.05, 0.1) is 11.5 Å². The van der Waals surface area contributed by atoms with Crippen molar-refractivity contribution >= 4 is 9.84 Å². The van der Waals surface area contributed by atoms with E-state index in [1.54, 1.807) is 0 Å². The van der Waals surface area contributed by atoms with Crippen LogP contribution < -0.4 is 5.32 Å². The number of sulfone groups is 1. The van der Waals surface area contributed by atoms with E-state index in [1.807, 2.05) is 0 Å². The lowest BCUT2D eigenvalue weighted by molar-refractivity contribution is 0.212. The lowest BCUT2D eigenvalue weighted by Gasteiger charge is -2.31. The van der Waals surface area contributed by atoms with Crippen LogP contribution in [0.25, 0.3) is 0 Å². The van der Waals surface area contributed by atoms with Crippen LogP contribution in [0.4, 0.5) is 0 Å². The van der Waals surface area contributed by atoms with Crippen molar-refractivity contribution in [3.63, 3.8) is 0 Å². The fourth-order valence-corrected chi connectivity index (χ4v) is 6.03. The number of hydrogen-bond donors (Lipinski definition) is 1. The molecule has 3 nitrogen and oxygen atoms in total. The average molecular weight is 301 g/mol. The fourth-order valence-electron chi connectivity index (χ4n) is 3.93. The second-order valence-corrected chi connectivity index (χ2v) is 10.5. The van der Waals surface area contributed by atoms with Gasteiger partial charge >= 0.3 is 0 Å². The van der Waals surface area contributed by atoms with Gasteiger partial charge in [-0.15, -0.1) is 0 Å². The summed E-state index contributed by atoms with van der Waals surface area (Å²) in [5.41, 5.74) is 0.209. The van der Waals surface area contributed by atoms with Crippen molar-refractivity contribution in [1.29, 1.82) is 0 Å². The third kappa shape index (κ3) is 4.20. The molecule has 1 aliphatic carbocycles. The highest BCUT2D eigenvalue weighted by Crippen LogP contribution is 2.37. The van der Waals surface area contributed by atoms with Crippen molar-refractivity contribution < 1.29 is 8.42 Å². The quantitative estimate of drug-likeness (QED) is 0.797. The zero-order chi connectivity index (χ0) is 15.0. The van der Waals surface area contributed by atoms with Crippen LogP contribution in [-0.4, -0.2) is 31.5 Å². The molecule has 2 fully saturated rings. The van der Waals surface area contributed by atoms with Gasteiger partial charge in [0.2, 0.25) is 0 Å². The van der Waals surface area contributed by atoms with E-state index in [2.05, 4.69) is 33.0 Å². The summed E-state index contributed by atoms with van der Waals surface area (Å²) in [5, 5.41) is 3.68. The Hall–Kier alpha value is -0.0900. The normalized spacial score (nSPS) is 38.6. The summed E-state index contributed by atoms with van der Waals surface area (Å²) in [6, 6.07) is 0.501. The van der Waals surface area contributed by atoms with Crippen LogP contribution in [0, 0.1) is 11.3 Å². The summed E-state index contributed by atoms with van der Waals surface area (Å²) in [7, 11) is -2.81. The summed E-state index contributed by atoms with van der Waals surface area (Å²) in [5.74, 6) is 1.47. The SMILES string of the molecule is CC1(NC2CCCC(C(C)(C)C)CC2)CCS(=O)(=O)C1. The zero-order valence-electron chi connectivity index (χ0n) is 13.5. The number of nitrogens with one attached hydrogen (secondary N) is 1. The molecule has 3 unspecified atom stereocenters. The van der Waals surface area contributed by atoms with Crippen LogP contribution in [0.1, 0.15) is 66.2 Å². The molecule has 3 atom stereocenters. The van der Waals surface area contributed by atoms with E-state index in [1.165, 1.54) is 32.1 Å². The Kier molecular flexibility index (Phi) is 4.56. The van der Waals surface area contributed by atoms with Crippen LogP contribution in [0.3, 0.4) is 0 Å². The molecule has 1 saturated carbocycles. The minimum Gasteiger partial charge on any atom is -0.308 e. The maximum Gasteiger partial charge on any atom is 0.152 e. The molecule has 0 amide bonds. The van der Waals surface area contributed by atoms with Gasteiger partial charge < -0.3 is 5.32 Å². The summed E-state index contributed by atoms with van der Waals surface area (Å²) in [4.78, 5) is 0. The highest BCUT2D eigenvalue weighted by Gasteiger charge is 2.40. The van der Waals surface area contributed by atoms with Gasteiger partial charge in [0, 0.05) is 11.6 Å². The van der Waals surface area contributed by atoms with E-state index < -0.39 is 9.84 Å². The predicted octanol–water partition coefficient (Wildman–Crippen LogP) is 3.15. The second-order valence-electron chi connectivity index (χ2n) is 8.32. The molecule has 1 heterocycles. The third-order valence-electron chi connectivity index (χ3n) is 5.25. The van der Waals surface area contributed by atoms with Crippen molar-refractivity contribution in [2.24, 2.45) is 11.3 Å². The average Bonchev–Trinajstić information content (AvgIpc) is 2.49. The molecule has 0 radical (unpaired) electrons.